The van der Waals surface area contributed by atoms with Crippen molar-refractivity contribution in [1.29, 1.82) is 0 Å². The third-order valence-electron chi connectivity index (χ3n) is 5.57. The Morgan fingerprint density at radius 3 is 2.77 bits per heavy atom. The van der Waals surface area contributed by atoms with Crippen LogP contribution in [0.15, 0.2) is 59.1 Å². The average molecular weight is 405 g/mol. The second-order valence-corrected chi connectivity index (χ2v) is 7.98. The fourth-order valence-electron chi connectivity index (χ4n) is 3.86. The summed E-state index contributed by atoms with van der Waals surface area (Å²) in [6.07, 6.45) is 2.77. The standard InChI is InChI=1S/C24H28N4O2/c1-18-9-11-20(12-10-18)23-26-22(30-27-23)17-28-15-5-8-21(16-28)24(29)25-14-13-19-6-3-2-4-7-19/h2-4,6-7,9-12,21H,5,8,13-17H2,1H3,(H,25,29). The average Bonchev–Trinajstić information content (AvgIpc) is 3.23. The first-order chi connectivity index (χ1) is 14.7. The van der Waals surface area contributed by atoms with Gasteiger partial charge in [0.1, 0.15) is 0 Å². The van der Waals surface area contributed by atoms with Crippen molar-refractivity contribution in [3.05, 3.63) is 71.6 Å². The lowest BCUT2D eigenvalue weighted by Crippen LogP contribution is -2.43. The number of piperidine rings is 1. The molecule has 1 saturated heterocycles. The van der Waals surface area contributed by atoms with E-state index in [1.807, 2.05) is 42.5 Å². The highest BCUT2D eigenvalue weighted by Crippen LogP contribution is 2.20. The number of rotatable bonds is 7. The highest BCUT2D eigenvalue weighted by Gasteiger charge is 2.26. The zero-order valence-electron chi connectivity index (χ0n) is 17.4. The molecule has 2 heterocycles. The van der Waals surface area contributed by atoms with E-state index in [1.165, 1.54) is 11.1 Å². The van der Waals surface area contributed by atoms with Crippen LogP contribution in [0.5, 0.6) is 0 Å². The van der Waals surface area contributed by atoms with E-state index in [2.05, 4.69) is 39.4 Å². The van der Waals surface area contributed by atoms with Gasteiger partial charge in [-0.15, -0.1) is 0 Å². The number of hydrogen-bond donors (Lipinski definition) is 1. The Kier molecular flexibility index (Phi) is 6.54. The summed E-state index contributed by atoms with van der Waals surface area (Å²) in [5.41, 5.74) is 3.39. The van der Waals surface area contributed by atoms with Crippen molar-refractivity contribution in [2.45, 2.75) is 32.7 Å². The lowest BCUT2D eigenvalue weighted by atomic mass is 9.97. The zero-order valence-corrected chi connectivity index (χ0v) is 17.4. The predicted molar refractivity (Wildman–Crippen MR) is 116 cm³/mol. The second kappa shape index (κ2) is 9.67. The molecular formula is C24H28N4O2. The molecule has 6 heteroatoms. The minimum Gasteiger partial charge on any atom is -0.355 e. The molecule has 156 valence electrons. The van der Waals surface area contributed by atoms with E-state index >= 15 is 0 Å². The van der Waals surface area contributed by atoms with Gasteiger partial charge >= 0.3 is 0 Å². The number of benzene rings is 2. The Balaban J connectivity index is 1.27. The maximum atomic E-state index is 12.6. The van der Waals surface area contributed by atoms with Gasteiger partial charge in [0, 0.05) is 18.7 Å². The van der Waals surface area contributed by atoms with Crippen molar-refractivity contribution in [2.24, 2.45) is 5.92 Å². The summed E-state index contributed by atoms with van der Waals surface area (Å²) in [6.45, 7) is 4.96. The molecule has 4 rings (SSSR count). The minimum atomic E-state index is 0.00835. The minimum absolute atomic E-state index is 0.00835. The van der Waals surface area contributed by atoms with Gasteiger partial charge in [-0.3, -0.25) is 9.69 Å². The Morgan fingerprint density at radius 2 is 1.97 bits per heavy atom. The molecule has 30 heavy (non-hydrogen) atoms. The molecule has 1 atom stereocenters. The Bertz CT molecular complexity index is 953. The largest absolute Gasteiger partial charge is 0.355 e. The molecule has 1 N–H and O–H groups in total. The summed E-state index contributed by atoms with van der Waals surface area (Å²) in [4.78, 5) is 19.4. The van der Waals surface area contributed by atoms with E-state index < -0.39 is 0 Å². The molecular weight excluding hydrogens is 376 g/mol. The van der Waals surface area contributed by atoms with Gasteiger partial charge in [0.2, 0.25) is 17.6 Å². The van der Waals surface area contributed by atoms with Crippen molar-refractivity contribution in [2.75, 3.05) is 19.6 Å². The van der Waals surface area contributed by atoms with Crippen molar-refractivity contribution in [3.8, 4) is 11.4 Å². The van der Waals surface area contributed by atoms with Crippen LogP contribution in [0.4, 0.5) is 0 Å². The highest BCUT2D eigenvalue weighted by molar-refractivity contribution is 5.79. The third kappa shape index (κ3) is 5.33. The number of nitrogens with zero attached hydrogens (tertiary/aromatic N) is 3. The number of carbonyl (C=O) groups is 1. The number of amides is 1. The van der Waals surface area contributed by atoms with E-state index in [4.69, 9.17) is 4.52 Å². The van der Waals surface area contributed by atoms with Crippen molar-refractivity contribution < 1.29 is 9.32 Å². The van der Waals surface area contributed by atoms with Gasteiger partial charge in [-0.2, -0.15) is 4.98 Å². The van der Waals surface area contributed by atoms with Crippen LogP contribution in [0, 0.1) is 12.8 Å². The van der Waals surface area contributed by atoms with Crippen LogP contribution in [-0.2, 0) is 17.8 Å². The van der Waals surface area contributed by atoms with Gasteiger partial charge in [-0.25, -0.2) is 0 Å². The lowest BCUT2D eigenvalue weighted by molar-refractivity contribution is -0.126. The number of likely N-dealkylation sites (tertiary alicyclic amines) is 1. The van der Waals surface area contributed by atoms with E-state index in [0.29, 0.717) is 24.8 Å². The van der Waals surface area contributed by atoms with E-state index in [1.54, 1.807) is 0 Å². The van der Waals surface area contributed by atoms with Gasteiger partial charge in [0.15, 0.2) is 0 Å². The first-order valence-electron chi connectivity index (χ1n) is 10.6. The number of carbonyl (C=O) groups excluding carboxylic acids is 1. The summed E-state index contributed by atoms with van der Waals surface area (Å²) in [5, 5.41) is 7.21. The number of aryl methyl sites for hydroxylation is 1. The summed E-state index contributed by atoms with van der Waals surface area (Å²) in [6, 6.07) is 18.3. The molecule has 1 unspecified atom stereocenters. The van der Waals surface area contributed by atoms with Crippen LogP contribution in [0.1, 0.15) is 29.9 Å². The Morgan fingerprint density at radius 1 is 1.17 bits per heavy atom. The molecule has 1 aromatic heterocycles. The first kappa shape index (κ1) is 20.3. The Labute approximate surface area is 177 Å². The summed E-state index contributed by atoms with van der Waals surface area (Å²) < 4.78 is 5.46. The predicted octanol–water partition coefficient (Wildman–Crippen LogP) is 3.62. The number of hydrogen-bond acceptors (Lipinski definition) is 5. The quantitative estimate of drug-likeness (QED) is 0.651. The van der Waals surface area contributed by atoms with E-state index in [0.717, 1.165) is 37.9 Å². The van der Waals surface area contributed by atoms with Crippen molar-refractivity contribution in [3.63, 3.8) is 0 Å². The molecule has 0 bridgehead atoms. The van der Waals surface area contributed by atoms with E-state index in [9.17, 15) is 4.79 Å². The van der Waals surface area contributed by atoms with Gasteiger partial charge in [0.25, 0.3) is 0 Å². The molecule has 0 spiro atoms. The van der Waals surface area contributed by atoms with Crippen LogP contribution in [0.2, 0.25) is 0 Å². The van der Waals surface area contributed by atoms with Crippen LogP contribution in [0.3, 0.4) is 0 Å². The summed E-state index contributed by atoms with van der Waals surface area (Å²) >= 11 is 0. The van der Waals surface area contributed by atoms with Gasteiger partial charge in [-0.1, -0.05) is 65.3 Å². The molecule has 3 aromatic rings. The summed E-state index contributed by atoms with van der Waals surface area (Å²) in [5.74, 6) is 1.35. The van der Waals surface area contributed by atoms with Crippen LogP contribution >= 0.6 is 0 Å². The van der Waals surface area contributed by atoms with Gasteiger partial charge in [0.05, 0.1) is 12.5 Å². The number of aromatic nitrogens is 2. The molecule has 1 aliphatic rings. The molecule has 1 fully saturated rings. The molecule has 0 saturated carbocycles. The zero-order chi connectivity index (χ0) is 20.8. The topological polar surface area (TPSA) is 71.3 Å². The summed E-state index contributed by atoms with van der Waals surface area (Å²) in [7, 11) is 0. The molecule has 0 radical (unpaired) electrons. The number of nitrogens with one attached hydrogen (secondary N) is 1. The Hall–Kier alpha value is -2.99. The van der Waals surface area contributed by atoms with E-state index in [-0.39, 0.29) is 11.8 Å². The third-order valence-corrected chi connectivity index (χ3v) is 5.57. The molecule has 6 nitrogen and oxygen atoms in total. The van der Waals surface area contributed by atoms with Crippen LogP contribution < -0.4 is 5.32 Å². The van der Waals surface area contributed by atoms with Crippen LogP contribution in [0.25, 0.3) is 11.4 Å². The fourth-order valence-corrected chi connectivity index (χ4v) is 3.86. The second-order valence-electron chi connectivity index (χ2n) is 7.98. The smallest absolute Gasteiger partial charge is 0.241 e. The van der Waals surface area contributed by atoms with Crippen molar-refractivity contribution in [1.82, 2.24) is 20.4 Å². The first-order valence-corrected chi connectivity index (χ1v) is 10.6. The maximum Gasteiger partial charge on any atom is 0.241 e. The fraction of sp³-hybridized carbons (Fsp3) is 0.375. The maximum absolute atomic E-state index is 12.6. The monoisotopic (exact) mass is 404 g/mol. The molecule has 1 amide bonds. The SMILES string of the molecule is Cc1ccc(-c2noc(CN3CCCC(C(=O)NCCc4ccccc4)C3)n2)cc1. The van der Waals surface area contributed by atoms with Gasteiger partial charge < -0.3 is 9.84 Å². The molecule has 0 aliphatic carbocycles. The molecule has 1 aliphatic heterocycles. The molecule has 2 aromatic carbocycles. The van der Waals surface area contributed by atoms with Gasteiger partial charge in [-0.05, 0) is 38.3 Å². The van der Waals surface area contributed by atoms with Crippen LogP contribution in [-0.4, -0.2) is 40.6 Å². The normalized spacial score (nSPS) is 17.0. The highest BCUT2D eigenvalue weighted by atomic mass is 16.5. The lowest BCUT2D eigenvalue weighted by Gasteiger charge is -2.30. The van der Waals surface area contributed by atoms with Crippen molar-refractivity contribution >= 4 is 5.91 Å².